The van der Waals surface area contributed by atoms with Gasteiger partial charge in [0.25, 0.3) is 0 Å². The second-order valence-electron chi connectivity index (χ2n) is 3.01. The Morgan fingerprint density at radius 2 is 1.90 bits per heavy atom. The summed E-state index contributed by atoms with van der Waals surface area (Å²) < 4.78 is 0. The molecule has 1 atom stereocenters. The summed E-state index contributed by atoms with van der Waals surface area (Å²) >= 11 is 0. The van der Waals surface area contributed by atoms with Crippen molar-refractivity contribution in [3.8, 4) is 0 Å². The average Bonchev–Trinajstić information content (AvgIpc) is 1.98. The topological polar surface area (TPSA) is 0 Å². The van der Waals surface area contributed by atoms with Crippen molar-refractivity contribution in [2.45, 2.75) is 46.5 Å². The highest BCUT2D eigenvalue weighted by Gasteiger charge is 1.92. The maximum atomic E-state index is 2.32. The summed E-state index contributed by atoms with van der Waals surface area (Å²) in [6.45, 7) is 6.77. The van der Waals surface area contributed by atoms with Crippen LogP contribution in [0, 0.1) is 5.92 Å². The van der Waals surface area contributed by atoms with E-state index in [0.717, 1.165) is 5.92 Å². The van der Waals surface area contributed by atoms with Gasteiger partial charge in [0, 0.05) is 0 Å². The van der Waals surface area contributed by atoms with Gasteiger partial charge < -0.3 is 0 Å². The average molecular weight is 140 g/mol. The molecule has 0 bridgehead atoms. The SMILES string of the molecule is CCC/C=C/CC(C)CC. The maximum Gasteiger partial charge on any atom is -0.0325 e. The Labute approximate surface area is 65.3 Å². The summed E-state index contributed by atoms with van der Waals surface area (Å²) in [4.78, 5) is 0. The lowest BCUT2D eigenvalue weighted by Gasteiger charge is -2.01. The van der Waals surface area contributed by atoms with Crippen molar-refractivity contribution in [3.63, 3.8) is 0 Å². The molecule has 0 heteroatoms. The largest absolute Gasteiger partial charge is 0.0885 e. The first-order valence-corrected chi connectivity index (χ1v) is 4.46. The Balaban J connectivity index is 3.16. The van der Waals surface area contributed by atoms with Crippen LogP contribution in [-0.2, 0) is 0 Å². The second kappa shape index (κ2) is 6.85. The lowest BCUT2D eigenvalue weighted by molar-refractivity contribution is 0.571. The summed E-state index contributed by atoms with van der Waals surface area (Å²) in [5, 5.41) is 0. The van der Waals surface area contributed by atoms with Gasteiger partial charge in [0.1, 0.15) is 0 Å². The van der Waals surface area contributed by atoms with Gasteiger partial charge in [-0.25, -0.2) is 0 Å². The molecule has 60 valence electrons. The fourth-order valence-electron chi connectivity index (χ4n) is 0.780. The maximum absolute atomic E-state index is 2.32. The van der Waals surface area contributed by atoms with E-state index in [4.69, 9.17) is 0 Å². The molecule has 0 aromatic rings. The van der Waals surface area contributed by atoms with Crippen LogP contribution in [0.2, 0.25) is 0 Å². The molecule has 0 aliphatic carbocycles. The summed E-state index contributed by atoms with van der Waals surface area (Å²) in [5.41, 5.74) is 0. The van der Waals surface area contributed by atoms with Crippen molar-refractivity contribution in [1.29, 1.82) is 0 Å². The Kier molecular flexibility index (Phi) is 6.68. The zero-order valence-electron chi connectivity index (χ0n) is 7.56. The second-order valence-corrected chi connectivity index (χ2v) is 3.01. The predicted molar refractivity (Wildman–Crippen MR) is 48.1 cm³/mol. The molecule has 0 fully saturated rings. The van der Waals surface area contributed by atoms with Crippen molar-refractivity contribution >= 4 is 0 Å². The first kappa shape index (κ1) is 9.74. The van der Waals surface area contributed by atoms with Crippen LogP contribution in [0.15, 0.2) is 12.2 Å². The van der Waals surface area contributed by atoms with Crippen LogP contribution in [0.1, 0.15) is 46.5 Å². The molecule has 0 spiro atoms. The van der Waals surface area contributed by atoms with Gasteiger partial charge in [-0.3, -0.25) is 0 Å². The number of allylic oxidation sites excluding steroid dienone is 2. The van der Waals surface area contributed by atoms with Crippen LogP contribution in [0.5, 0.6) is 0 Å². The summed E-state index contributed by atoms with van der Waals surface area (Å²) in [6, 6.07) is 0. The minimum absolute atomic E-state index is 0.869. The van der Waals surface area contributed by atoms with Gasteiger partial charge in [-0.05, 0) is 18.8 Å². The van der Waals surface area contributed by atoms with E-state index in [1.165, 1.54) is 25.7 Å². The number of hydrogen-bond donors (Lipinski definition) is 0. The first-order chi connectivity index (χ1) is 4.81. The third-order valence-corrected chi connectivity index (χ3v) is 1.86. The third-order valence-electron chi connectivity index (χ3n) is 1.86. The zero-order chi connectivity index (χ0) is 7.82. The van der Waals surface area contributed by atoms with Gasteiger partial charge in [-0.1, -0.05) is 45.8 Å². The summed E-state index contributed by atoms with van der Waals surface area (Å²) in [6.07, 6.45) is 9.70. The third kappa shape index (κ3) is 5.87. The van der Waals surface area contributed by atoms with Crippen LogP contribution in [0.25, 0.3) is 0 Å². The number of hydrogen-bond acceptors (Lipinski definition) is 0. The Hall–Kier alpha value is -0.260. The van der Waals surface area contributed by atoms with E-state index in [-0.39, 0.29) is 0 Å². The van der Waals surface area contributed by atoms with Crippen LogP contribution in [0.3, 0.4) is 0 Å². The van der Waals surface area contributed by atoms with Crippen molar-refractivity contribution in [2.24, 2.45) is 5.92 Å². The Morgan fingerprint density at radius 1 is 1.20 bits per heavy atom. The number of unbranched alkanes of at least 4 members (excludes halogenated alkanes) is 1. The Morgan fingerprint density at radius 3 is 2.40 bits per heavy atom. The highest BCUT2D eigenvalue weighted by Crippen LogP contribution is 2.06. The predicted octanol–water partition coefficient (Wildman–Crippen LogP) is 3.78. The minimum Gasteiger partial charge on any atom is -0.0885 e. The van der Waals surface area contributed by atoms with Crippen LogP contribution in [-0.4, -0.2) is 0 Å². The van der Waals surface area contributed by atoms with Gasteiger partial charge in [0.05, 0.1) is 0 Å². The standard InChI is InChI=1S/C10H20/c1-4-6-7-8-9-10(3)5-2/h7-8,10H,4-6,9H2,1-3H3/b8-7+. The van der Waals surface area contributed by atoms with Gasteiger partial charge >= 0.3 is 0 Å². The molecule has 0 aromatic heterocycles. The van der Waals surface area contributed by atoms with Gasteiger partial charge in [0.15, 0.2) is 0 Å². The van der Waals surface area contributed by atoms with E-state index in [2.05, 4.69) is 32.9 Å². The summed E-state index contributed by atoms with van der Waals surface area (Å²) in [7, 11) is 0. The lowest BCUT2D eigenvalue weighted by atomic mass is 10.1. The molecular formula is C10H20. The molecule has 0 aliphatic heterocycles. The highest BCUT2D eigenvalue weighted by atomic mass is 14.0. The van der Waals surface area contributed by atoms with E-state index >= 15 is 0 Å². The van der Waals surface area contributed by atoms with E-state index in [1.54, 1.807) is 0 Å². The molecule has 0 saturated heterocycles. The monoisotopic (exact) mass is 140 g/mol. The molecule has 0 amide bonds. The van der Waals surface area contributed by atoms with Crippen molar-refractivity contribution in [3.05, 3.63) is 12.2 Å². The molecule has 0 saturated carbocycles. The van der Waals surface area contributed by atoms with Crippen LogP contribution in [0.4, 0.5) is 0 Å². The van der Waals surface area contributed by atoms with Crippen LogP contribution >= 0.6 is 0 Å². The molecule has 0 nitrogen and oxygen atoms in total. The highest BCUT2D eigenvalue weighted by molar-refractivity contribution is 4.82. The number of rotatable bonds is 5. The molecule has 0 radical (unpaired) electrons. The molecule has 1 unspecified atom stereocenters. The first-order valence-electron chi connectivity index (χ1n) is 4.46. The normalized spacial score (nSPS) is 14.3. The van der Waals surface area contributed by atoms with Crippen LogP contribution < -0.4 is 0 Å². The fraction of sp³-hybridized carbons (Fsp3) is 0.800. The lowest BCUT2D eigenvalue weighted by Crippen LogP contribution is -1.87. The van der Waals surface area contributed by atoms with E-state index in [0.29, 0.717) is 0 Å². The van der Waals surface area contributed by atoms with Crippen molar-refractivity contribution < 1.29 is 0 Å². The van der Waals surface area contributed by atoms with Gasteiger partial charge in [-0.15, -0.1) is 0 Å². The van der Waals surface area contributed by atoms with Gasteiger partial charge in [0.2, 0.25) is 0 Å². The fourth-order valence-corrected chi connectivity index (χ4v) is 0.780. The zero-order valence-corrected chi connectivity index (χ0v) is 7.56. The van der Waals surface area contributed by atoms with E-state index in [9.17, 15) is 0 Å². The molecule has 10 heavy (non-hydrogen) atoms. The molecule has 0 N–H and O–H groups in total. The smallest absolute Gasteiger partial charge is 0.0325 e. The van der Waals surface area contributed by atoms with E-state index in [1.807, 2.05) is 0 Å². The Bertz CT molecular complexity index is 82.0. The summed E-state index contributed by atoms with van der Waals surface area (Å²) in [5.74, 6) is 0.869. The molecule has 0 aliphatic rings. The van der Waals surface area contributed by atoms with Crippen molar-refractivity contribution in [1.82, 2.24) is 0 Å². The molecule has 0 heterocycles. The minimum atomic E-state index is 0.869. The quantitative estimate of drug-likeness (QED) is 0.510. The molecule has 0 rings (SSSR count). The molecule has 0 aromatic carbocycles. The van der Waals surface area contributed by atoms with Crippen molar-refractivity contribution in [2.75, 3.05) is 0 Å². The molecular weight excluding hydrogens is 120 g/mol. The van der Waals surface area contributed by atoms with E-state index < -0.39 is 0 Å². The van der Waals surface area contributed by atoms with Gasteiger partial charge in [-0.2, -0.15) is 0 Å².